The molecule has 0 radical (unpaired) electrons. The van der Waals surface area contributed by atoms with E-state index in [1.165, 1.54) is 0 Å². The Hall–Kier alpha value is -4.32. The third-order valence-electron chi connectivity index (χ3n) is 4.19. The molecule has 154 valence electrons. The minimum absolute atomic E-state index is 0.139. The number of nitrogens with zero attached hydrogens (tertiary/aromatic N) is 1. The second-order valence-corrected chi connectivity index (χ2v) is 6.49. The van der Waals surface area contributed by atoms with Crippen molar-refractivity contribution in [1.29, 1.82) is 0 Å². The molecular weight excluding hydrogens is 392 g/mol. The summed E-state index contributed by atoms with van der Waals surface area (Å²) in [6, 6.07) is 29.1. The molecule has 4 rings (SSSR count). The van der Waals surface area contributed by atoms with Crippen molar-refractivity contribution in [3.05, 3.63) is 103 Å². The number of carbonyl (C=O) groups excluding carboxylic acids is 1. The van der Waals surface area contributed by atoms with Crippen LogP contribution in [0.1, 0.15) is 0 Å². The number of anilines is 1. The quantitative estimate of drug-likeness (QED) is 0.403. The van der Waals surface area contributed by atoms with E-state index >= 15 is 0 Å². The molecule has 1 heterocycles. The molecule has 3 aromatic carbocycles. The molecule has 0 bridgehead atoms. The summed E-state index contributed by atoms with van der Waals surface area (Å²) in [5, 5.41) is 2.82. The highest BCUT2D eigenvalue weighted by Crippen LogP contribution is 2.29. The average molecular weight is 412 g/mol. The predicted molar refractivity (Wildman–Crippen MR) is 118 cm³/mol. The first-order valence-corrected chi connectivity index (χ1v) is 9.70. The van der Waals surface area contributed by atoms with Gasteiger partial charge in [0, 0.05) is 12.3 Å². The molecule has 4 aromatic rings. The molecule has 0 saturated heterocycles. The Morgan fingerprint density at radius 3 is 2.16 bits per heavy atom. The Kier molecular flexibility index (Phi) is 6.40. The van der Waals surface area contributed by atoms with Crippen molar-refractivity contribution in [2.75, 3.05) is 11.9 Å². The molecule has 1 amide bonds. The Morgan fingerprint density at radius 1 is 0.710 bits per heavy atom. The minimum Gasteiger partial charge on any atom is -0.484 e. The van der Waals surface area contributed by atoms with Crippen LogP contribution in [0.2, 0.25) is 0 Å². The highest BCUT2D eigenvalue weighted by molar-refractivity contribution is 5.93. The number of carbonyl (C=O) groups is 1. The van der Waals surface area contributed by atoms with Gasteiger partial charge in [-0.05, 0) is 54.6 Å². The Bertz CT molecular complexity index is 1120. The van der Waals surface area contributed by atoms with Gasteiger partial charge in [-0.3, -0.25) is 4.79 Å². The molecule has 0 spiro atoms. The van der Waals surface area contributed by atoms with Gasteiger partial charge in [-0.1, -0.05) is 36.4 Å². The van der Waals surface area contributed by atoms with Gasteiger partial charge in [0.05, 0.1) is 5.69 Å². The van der Waals surface area contributed by atoms with Crippen LogP contribution in [0.5, 0.6) is 28.9 Å². The number of ether oxygens (including phenoxy) is 3. The number of rotatable bonds is 8. The van der Waals surface area contributed by atoms with E-state index in [4.69, 9.17) is 14.2 Å². The van der Waals surface area contributed by atoms with Crippen molar-refractivity contribution in [2.45, 2.75) is 0 Å². The molecule has 1 N–H and O–H groups in total. The van der Waals surface area contributed by atoms with Crippen molar-refractivity contribution >= 4 is 11.6 Å². The van der Waals surface area contributed by atoms with Gasteiger partial charge < -0.3 is 19.5 Å². The van der Waals surface area contributed by atoms with E-state index in [-0.39, 0.29) is 12.5 Å². The van der Waals surface area contributed by atoms with Gasteiger partial charge in [-0.2, -0.15) is 0 Å². The topological polar surface area (TPSA) is 69.7 Å². The Balaban J connectivity index is 1.31. The van der Waals surface area contributed by atoms with Gasteiger partial charge in [-0.25, -0.2) is 4.98 Å². The lowest BCUT2D eigenvalue weighted by molar-refractivity contribution is -0.118. The zero-order valence-electron chi connectivity index (χ0n) is 16.6. The van der Waals surface area contributed by atoms with Crippen LogP contribution in [0.4, 0.5) is 5.69 Å². The fourth-order valence-electron chi connectivity index (χ4n) is 2.74. The predicted octanol–water partition coefficient (Wildman–Crippen LogP) is 5.68. The standard InChI is InChI=1S/C25H20N2O4/c28-24(27-22-10-4-5-11-23(22)30-20-8-2-1-3-9-20)18-29-19-13-15-21(16-14-19)31-25-12-6-7-17-26-25/h1-17H,18H2,(H,27,28). The number of aromatic nitrogens is 1. The molecule has 0 aliphatic heterocycles. The first-order chi connectivity index (χ1) is 15.3. The summed E-state index contributed by atoms with van der Waals surface area (Å²) in [6.07, 6.45) is 1.66. The second-order valence-electron chi connectivity index (χ2n) is 6.49. The summed E-state index contributed by atoms with van der Waals surface area (Å²) in [5.74, 6) is 2.64. The van der Waals surface area contributed by atoms with E-state index in [0.29, 0.717) is 34.6 Å². The van der Waals surface area contributed by atoms with Gasteiger partial charge >= 0.3 is 0 Å². The molecule has 0 aliphatic rings. The van der Waals surface area contributed by atoms with E-state index in [1.54, 1.807) is 48.7 Å². The van der Waals surface area contributed by atoms with Crippen LogP contribution in [0.25, 0.3) is 0 Å². The zero-order chi connectivity index (χ0) is 21.3. The molecule has 6 heteroatoms. The van der Waals surface area contributed by atoms with Crippen molar-refractivity contribution in [1.82, 2.24) is 4.98 Å². The highest BCUT2D eigenvalue weighted by Gasteiger charge is 2.09. The third kappa shape index (κ3) is 5.83. The Morgan fingerprint density at radius 2 is 1.39 bits per heavy atom. The summed E-state index contributed by atoms with van der Waals surface area (Å²) in [6.45, 7) is -0.139. The third-order valence-corrected chi connectivity index (χ3v) is 4.19. The number of para-hydroxylation sites is 3. The van der Waals surface area contributed by atoms with E-state index in [9.17, 15) is 4.79 Å². The lowest BCUT2D eigenvalue weighted by Crippen LogP contribution is -2.20. The van der Waals surface area contributed by atoms with Crippen LogP contribution in [0.15, 0.2) is 103 Å². The summed E-state index contributed by atoms with van der Waals surface area (Å²) >= 11 is 0. The SMILES string of the molecule is O=C(COc1ccc(Oc2ccccn2)cc1)Nc1ccccc1Oc1ccccc1. The summed E-state index contributed by atoms with van der Waals surface area (Å²) < 4.78 is 17.1. The highest BCUT2D eigenvalue weighted by atomic mass is 16.5. The molecule has 1 aromatic heterocycles. The summed E-state index contributed by atoms with van der Waals surface area (Å²) in [5.41, 5.74) is 0.569. The van der Waals surface area contributed by atoms with E-state index in [2.05, 4.69) is 10.3 Å². The number of nitrogens with one attached hydrogen (secondary N) is 1. The van der Waals surface area contributed by atoms with E-state index in [0.717, 1.165) is 0 Å². The molecule has 0 fully saturated rings. The number of benzene rings is 3. The Labute approximate surface area is 180 Å². The van der Waals surface area contributed by atoms with Gasteiger partial charge in [-0.15, -0.1) is 0 Å². The van der Waals surface area contributed by atoms with Gasteiger partial charge in [0.2, 0.25) is 5.88 Å². The van der Waals surface area contributed by atoms with Crippen LogP contribution in [0.3, 0.4) is 0 Å². The molecule has 6 nitrogen and oxygen atoms in total. The van der Waals surface area contributed by atoms with Crippen LogP contribution in [-0.2, 0) is 4.79 Å². The zero-order valence-corrected chi connectivity index (χ0v) is 16.6. The number of amides is 1. The second kappa shape index (κ2) is 9.93. The number of hydrogen-bond acceptors (Lipinski definition) is 5. The van der Waals surface area contributed by atoms with Crippen LogP contribution < -0.4 is 19.5 Å². The van der Waals surface area contributed by atoms with Crippen molar-refractivity contribution in [3.63, 3.8) is 0 Å². The van der Waals surface area contributed by atoms with E-state index < -0.39 is 0 Å². The lowest BCUT2D eigenvalue weighted by Gasteiger charge is -2.13. The maximum atomic E-state index is 12.4. The van der Waals surface area contributed by atoms with Gasteiger partial charge in [0.25, 0.3) is 5.91 Å². The summed E-state index contributed by atoms with van der Waals surface area (Å²) in [4.78, 5) is 16.5. The van der Waals surface area contributed by atoms with E-state index in [1.807, 2.05) is 54.6 Å². The average Bonchev–Trinajstić information content (AvgIpc) is 2.81. The fraction of sp³-hybridized carbons (Fsp3) is 0.0400. The minimum atomic E-state index is -0.294. The molecular formula is C25H20N2O4. The fourth-order valence-corrected chi connectivity index (χ4v) is 2.74. The largest absolute Gasteiger partial charge is 0.484 e. The maximum Gasteiger partial charge on any atom is 0.262 e. The molecule has 0 aliphatic carbocycles. The van der Waals surface area contributed by atoms with Crippen molar-refractivity contribution in [3.8, 4) is 28.9 Å². The van der Waals surface area contributed by atoms with Crippen LogP contribution in [0, 0.1) is 0 Å². The van der Waals surface area contributed by atoms with Crippen molar-refractivity contribution in [2.24, 2.45) is 0 Å². The van der Waals surface area contributed by atoms with Crippen molar-refractivity contribution < 1.29 is 19.0 Å². The van der Waals surface area contributed by atoms with Crippen LogP contribution >= 0.6 is 0 Å². The first-order valence-electron chi connectivity index (χ1n) is 9.70. The first kappa shape index (κ1) is 20.0. The molecule has 0 unspecified atom stereocenters. The number of hydrogen-bond donors (Lipinski definition) is 1. The molecule has 31 heavy (non-hydrogen) atoms. The van der Waals surface area contributed by atoms with Gasteiger partial charge in [0.15, 0.2) is 12.4 Å². The molecule has 0 saturated carbocycles. The molecule has 0 atom stereocenters. The monoisotopic (exact) mass is 412 g/mol. The number of pyridine rings is 1. The van der Waals surface area contributed by atoms with Gasteiger partial charge in [0.1, 0.15) is 17.2 Å². The normalized spacial score (nSPS) is 10.2. The van der Waals surface area contributed by atoms with Crippen LogP contribution in [-0.4, -0.2) is 17.5 Å². The smallest absolute Gasteiger partial charge is 0.262 e. The summed E-state index contributed by atoms with van der Waals surface area (Å²) in [7, 11) is 0. The lowest BCUT2D eigenvalue weighted by atomic mass is 10.3. The maximum absolute atomic E-state index is 12.4.